The fourth-order valence-electron chi connectivity index (χ4n) is 4.05. The second-order valence-corrected chi connectivity index (χ2v) is 8.64. The van der Waals surface area contributed by atoms with Crippen molar-refractivity contribution in [3.05, 3.63) is 124 Å². The molecule has 0 saturated carbocycles. The van der Waals surface area contributed by atoms with Crippen molar-refractivity contribution in [3.63, 3.8) is 0 Å². The minimum absolute atomic E-state index is 0.0615. The van der Waals surface area contributed by atoms with Crippen LogP contribution in [0.2, 0.25) is 0 Å². The van der Waals surface area contributed by atoms with Gasteiger partial charge in [0.1, 0.15) is 23.3 Å². The minimum atomic E-state index is -1.67. The van der Waals surface area contributed by atoms with Crippen LogP contribution in [0, 0.1) is 34.9 Å². The van der Waals surface area contributed by atoms with Crippen molar-refractivity contribution in [2.45, 2.75) is 26.2 Å². The Kier molecular flexibility index (Phi) is 7.99. The smallest absolute Gasteiger partial charge is 0.194 e. The summed E-state index contributed by atoms with van der Waals surface area (Å²) in [6.45, 7) is 1.44. The van der Waals surface area contributed by atoms with E-state index in [1.54, 1.807) is 6.07 Å². The molecule has 0 amide bonds. The highest BCUT2D eigenvalue weighted by Gasteiger charge is 2.16. The van der Waals surface area contributed by atoms with Gasteiger partial charge in [-0.1, -0.05) is 43.3 Å². The zero-order valence-electron chi connectivity index (χ0n) is 20.0. The first-order chi connectivity index (χ1) is 18.1. The zero-order valence-corrected chi connectivity index (χ0v) is 20.0. The van der Waals surface area contributed by atoms with Crippen LogP contribution in [0.15, 0.2) is 72.6 Å². The lowest BCUT2D eigenvalue weighted by Gasteiger charge is -2.10. The van der Waals surface area contributed by atoms with E-state index in [9.17, 15) is 35.1 Å². The third-order valence-corrected chi connectivity index (χ3v) is 6.15. The zero-order chi connectivity index (χ0) is 27.6. The van der Waals surface area contributed by atoms with Crippen LogP contribution in [0.5, 0.6) is 0 Å². The molecular weight excluding hydrogens is 512 g/mol. The largest absolute Gasteiger partial charge is 0.209 e. The molecule has 0 fully saturated rings. The maximum Gasteiger partial charge on any atom is 0.194 e. The van der Waals surface area contributed by atoms with Crippen molar-refractivity contribution in [3.8, 4) is 22.3 Å². The quantitative estimate of drug-likeness (QED) is 0.164. The first kappa shape index (κ1) is 27.1. The van der Waals surface area contributed by atoms with Crippen LogP contribution in [0.1, 0.15) is 30.0 Å². The van der Waals surface area contributed by atoms with Crippen molar-refractivity contribution in [1.82, 2.24) is 0 Å². The molecule has 0 aliphatic heterocycles. The monoisotopic (exact) mass is 532 g/mol. The molecule has 4 aromatic carbocycles. The molecule has 4 aromatic rings. The summed E-state index contributed by atoms with van der Waals surface area (Å²) in [5, 5.41) is 0. The average Bonchev–Trinajstić information content (AvgIpc) is 2.89. The Balaban J connectivity index is 1.51. The molecule has 0 heterocycles. The van der Waals surface area contributed by atoms with Crippen LogP contribution < -0.4 is 0 Å². The van der Waals surface area contributed by atoms with Crippen molar-refractivity contribution in [2.24, 2.45) is 0 Å². The fraction of sp³-hybridized carbons (Fsp3) is 0.133. The molecule has 0 aliphatic rings. The van der Waals surface area contributed by atoms with E-state index in [1.807, 2.05) is 0 Å². The number of rotatable bonds is 7. The van der Waals surface area contributed by atoms with Crippen molar-refractivity contribution in [1.29, 1.82) is 0 Å². The summed E-state index contributed by atoms with van der Waals surface area (Å²) in [7, 11) is 0. The minimum Gasteiger partial charge on any atom is -0.209 e. The van der Waals surface area contributed by atoms with Crippen molar-refractivity contribution >= 4 is 5.83 Å². The van der Waals surface area contributed by atoms with E-state index in [0.717, 1.165) is 12.1 Å². The maximum atomic E-state index is 14.9. The van der Waals surface area contributed by atoms with Gasteiger partial charge in [-0.3, -0.25) is 0 Å². The molecule has 8 heteroatoms. The Bertz CT molecular complexity index is 1510. The third kappa shape index (κ3) is 5.64. The molecular formula is C30H20F8. The summed E-state index contributed by atoms with van der Waals surface area (Å²) in [6, 6.07) is 12.7. The van der Waals surface area contributed by atoms with E-state index in [2.05, 4.69) is 0 Å². The van der Waals surface area contributed by atoms with E-state index in [-0.39, 0.29) is 52.6 Å². The second kappa shape index (κ2) is 11.2. The van der Waals surface area contributed by atoms with Gasteiger partial charge >= 0.3 is 0 Å². The summed E-state index contributed by atoms with van der Waals surface area (Å²) in [4.78, 5) is 0. The molecule has 0 radical (unpaired) electrons. The summed E-state index contributed by atoms with van der Waals surface area (Å²) in [6.07, 6.45) is 0.256. The van der Waals surface area contributed by atoms with E-state index in [0.29, 0.717) is 17.7 Å². The standard InChI is InChI=1S/C30H20F8/c1-2-23(31)29(37)19-7-6-17(24(32)13-19)5-3-16-4-9-21(25(33)11-16)18-8-10-22(26(34)12-18)20-14-27(35)30(38)28(36)15-20/h4,6-15H,2-3,5H2,1H3/b29-23+. The van der Waals surface area contributed by atoms with Gasteiger partial charge in [0.05, 0.1) is 0 Å². The molecule has 0 atom stereocenters. The molecule has 0 unspecified atom stereocenters. The molecule has 0 aliphatic carbocycles. The van der Waals surface area contributed by atoms with Crippen molar-refractivity contribution in [2.75, 3.05) is 0 Å². The normalized spacial score (nSPS) is 12.0. The van der Waals surface area contributed by atoms with Crippen LogP contribution in [-0.4, -0.2) is 0 Å². The number of hydrogen-bond acceptors (Lipinski definition) is 0. The lowest BCUT2D eigenvalue weighted by molar-refractivity contribution is 0.447. The molecule has 0 saturated heterocycles. The molecule has 196 valence electrons. The second-order valence-electron chi connectivity index (χ2n) is 8.64. The number of hydrogen-bond donors (Lipinski definition) is 0. The topological polar surface area (TPSA) is 0 Å². The van der Waals surface area contributed by atoms with Gasteiger partial charge in [-0.05, 0) is 71.8 Å². The highest BCUT2D eigenvalue weighted by atomic mass is 19.2. The van der Waals surface area contributed by atoms with E-state index in [1.165, 1.54) is 43.3 Å². The van der Waals surface area contributed by atoms with Gasteiger partial charge in [0.25, 0.3) is 0 Å². The number of aryl methyl sites for hydroxylation is 2. The van der Waals surface area contributed by atoms with Crippen LogP contribution >= 0.6 is 0 Å². The van der Waals surface area contributed by atoms with Gasteiger partial charge in [0.15, 0.2) is 23.3 Å². The molecule has 0 aromatic heterocycles. The first-order valence-electron chi connectivity index (χ1n) is 11.6. The van der Waals surface area contributed by atoms with Gasteiger partial charge in [-0.25, -0.2) is 35.1 Å². The molecule has 0 spiro atoms. The van der Waals surface area contributed by atoms with Crippen LogP contribution in [0.4, 0.5) is 35.1 Å². The number of allylic oxidation sites excluding steroid dienone is 1. The van der Waals surface area contributed by atoms with Gasteiger partial charge in [-0.2, -0.15) is 0 Å². The van der Waals surface area contributed by atoms with Crippen LogP contribution in [0.25, 0.3) is 28.1 Å². The van der Waals surface area contributed by atoms with Crippen LogP contribution in [0.3, 0.4) is 0 Å². The highest BCUT2D eigenvalue weighted by molar-refractivity contribution is 5.71. The van der Waals surface area contributed by atoms with E-state index >= 15 is 0 Å². The van der Waals surface area contributed by atoms with Gasteiger partial charge in [-0.15, -0.1) is 0 Å². The predicted octanol–water partition coefficient (Wildman–Crippen LogP) is 9.66. The molecule has 0 bridgehead atoms. The number of halogens is 8. The molecule has 0 nitrogen and oxygen atoms in total. The van der Waals surface area contributed by atoms with E-state index in [4.69, 9.17) is 0 Å². The van der Waals surface area contributed by atoms with Gasteiger partial charge in [0, 0.05) is 16.7 Å². The Hall–Kier alpha value is -3.94. The van der Waals surface area contributed by atoms with Gasteiger partial charge < -0.3 is 0 Å². The Morgan fingerprint density at radius 3 is 1.79 bits per heavy atom. The predicted molar refractivity (Wildman–Crippen MR) is 130 cm³/mol. The Labute approximate surface area is 213 Å². The lowest BCUT2D eigenvalue weighted by Crippen LogP contribution is -1.98. The van der Waals surface area contributed by atoms with E-state index < -0.39 is 46.6 Å². The summed E-state index contributed by atoms with van der Waals surface area (Å²) >= 11 is 0. The lowest BCUT2D eigenvalue weighted by atomic mass is 9.97. The third-order valence-electron chi connectivity index (χ3n) is 6.15. The summed E-state index contributed by atoms with van der Waals surface area (Å²) in [5.41, 5.74) is 0.386. The van der Waals surface area contributed by atoms with Gasteiger partial charge in [0.2, 0.25) is 0 Å². The summed E-state index contributed by atoms with van der Waals surface area (Å²) < 4.78 is 112. The SMILES string of the molecule is CC/C(F)=C(\F)c1ccc(CCc2ccc(-c3ccc(-c4cc(F)c(F)c(F)c4)c(F)c3)c(F)c2)c(F)c1. The van der Waals surface area contributed by atoms with Crippen LogP contribution in [-0.2, 0) is 12.8 Å². The Morgan fingerprint density at radius 2 is 1.18 bits per heavy atom. The molecule has 4 rings (SSSR count). The fourth-order valence-corrected chi connectivity index (χ4v) is 4.05. The maximum absolute atomic E-state index is 14.9. The van der Waals surface area contributed by atoms with Crippen molar-refractivity contribution < 1.29 is 35.1 Å². The molecule has 38 heavy (non-hydrogen) atoms. The Morgan fingerprint density at radius 1 is 0.579 bits per heavy atom. The number of benzene rings is 4. The summed E-state index contributed by atoms with van der Waals surface area (Å²) in [5.74, 6) is -8.95. The molecule has 0 N–H and O–H groups in total. The average molecular weight is 532 g/mol. The highest BCUT2D eigenvalue weighted by Crippen LogP contribution is 2.32. The first-order valence-corrected chi connectivity index (χ1v) is 11.6.